The van der Waals surface area contributed by atoms with Gasteiger partial charge in [0.1, 0.15) is 11.3 Å². The molecule has 0 unspecified atom stereocenters. The van der Waals surface area contributed by atoms with Gasteiger partial charge in [-0.1, -0.05) is 36.4 Å². The molecule has 3 aromatic carbocycles. The molecule has 3 aromatic rings. The van der Waals surface area contributed by atoms with Crippen LogP contribution in [0.15, 0.2) is 48.5 Å². The minimum absolute atomic E-state index is 0.000813. The molecule has 7 heteroatoms. The average molecular weight is 432 g/mol. The zero-order valence-electron chi connectivity index (χ0n) is 17.7. The molecule has 1 aliphatic carbocycles. The summed E-state index contributed by atoms with van der Waals surface area (Å²) in [6.07, 6.45) is 0. The summed E-state index contributed by atoms with van der Waals surface area (Å²) >= 11 is 0. The van der Waals surface area contributed by atoms with E-state index in [0.29, 0.717) is 11.3 Å². The molecular weight excluding hydrogens is 412 g/mol. The highest BCUT2D eigenvalue weighted by molar-refractivity contribution is 6.31. The second-order valence-corrected chi connectivity index (χ2v) is 7.03. The smallest absolute Gasteiger partial charge is 0.342 e. The maximum atomic E-state index is 13.6. The summed E-state index contributed by atoms with van der Waals surface area (Å²) < 4.78 is 16.0. The monoisotopic (exact) mass is 432 g/mol. The highest BCUT2D eigenvalue weighted by Crippen LogP contribution is 2.46. The fourth-order valence-electron chi connectivity index (χ4n) is 4.01. The second kappa shape index (κ2) is 8.19. The number of para-hydroxylation sites is 1. The summed E-state index contributed by atoms with van der Waals surface area (Å²) in [5, 5.41) is 10.8. The number of esters is 1. The first-order valence-electron chi connectivity index (χ1n) is 9.91. The minimum atomic E-state index is -0.827. The number of carbonyl (C=O) groups is 3. The number of phenols is 1. The van der Waals surface area contributed by atoms with Crippen LogP contribution in [0, 0.1) is 0 Å². The van der Waals surface area contributed by atoms with Crippen molar-refractivity contribution in [3.63, 3.8) is 0 Å². The lowest BCUT2D eigenvalue weighted by Crippen LogP contribution is -2.23. The number of methoxy groups -OCH3 is 2. The first-order chi connectivity index (χ1) is 15.4. The van der Waals surface area contributed by atoms with Crippen molar-refractivity contribution in [1.29, 1.82) is 0 Å². The molecular formula is C25H20O7. The van der Waals surface area contributed by atoms with Crippen LogP contribution in [0.2, 0.25) is 0 Å². The fourth-order valence-corrected chi connectivity index (χ4v) is 4.01. The Morgan fingerprint density at radius 3 is 2.12 bits per heavy atom. The molecule has 0 saturated carbocycles. The van der Waals surface area contributed by atoms with E-state index < -0.39 is 23.3 Å². The lowest BCUT2D eigenvalue weighted by molar-refractivity contribution is 0.0523. The fraction of sp³-hybridized carbons (Fsp3) is 0.160. The van der Waals surface area contributed by atoms with Gasteiger partial charge >= 0.3 is 5.97 Å². The number of ether oxygens (including phenoxy) is 3. The van der Waals surface area contributed by atoms with Crippen LogP contribution in [-0.2, 0) is 4.74 Å². The standard InChI is InChI=1S/C25H20O7/c1-4-32-25(29)21-17(26)12-16-20(23(28)14-9-6-5-8-13(14)22(16)27)19(21)15-10-7-11-18(30-2)24(15)31-3/h5-12,26H,4H2,1-3H3. The van der Waals surface area contributed by atoms with Gasteiger partial charge in [0.25, 0.3) is 0 Å². The summed E-state index contributed by atoms with van der Waals surface area (Å²) in [6.45, 7) is 1.68. The van der Waals surface area contributed by atoms with Crippen LogP contribution in [-0.4, -0.2) is 43.5 Å². The molecule has 1 aliphatic rings. The Kier molecular flexibility index (Phi) is 5.40. The van der Waals surface area contributed by atoms with Crippen molar-refractivity contribution in [2.24, 2.45) is 0 Å². The lowest BCUT2D eigenvalue weighted by Gasteiger charge is -2.24. The van der Waals surface area contributed by atoms with Gasteiger partial charge in [-0.2, -0.15) is 0 Å². The quantitative estimate of drug-likeness (QED) is 0.475. The number of aromatic hydroxyl groups is 1. The van der Waals surface area contributed by atoms with Crippen LogP contribution in [0.25, 0.3) is 11.1 Å². The van der Waals surface area contributed by atoms with Crippen molar-refractivity contribution in [3.8, 4) is 28.4 Å². The zero-order valence-corrected chi connectivity index (χ0v) is 17.7. The molecule has 0 saturated heterocycles. The summed E-state index contributed by atoms with van der Waals surface area (Å²) in [5.74, 6) is -1.57. The molecule has 0 aliphatic heterocycles. The Hall–Kier alpha value is -4.13. The maximum absolute atomic E-state index is 13.6. The van der Waals surface area contributed by atoms with Crippen molar-refractivity contribution in [2.45, 2.75) is 6.92 Å². The first-order valence-corrected chi connectivity index (χ1v) is 9.91. The lowest BCUT2D eigenvalue weighted by atomic mass is 9.78. The SMILES string of the molecule is CCOC(=O)c1c(O)cc2c(c1-c1cccc(OC)c1OC)C(=O)c1ccccc1C2=O. The van der Waals surface area contributed by atoms with Gasteiger partial charge in [-0.25, -0.2) is 4.79 Å². The van der Waals surface area contributed by atoms with Gasteiger partial charge in [0.2, 0.25) is 0 Å². The number of rotatable bonds is 5. The largest absolute Gasteiger partial charge is 0.507 e. The minimum Gasteiger partial charge on any atom is -0.507 e. The summed E-state index contributed by atoms with van der Waals surface area (Å²) in [4.78, 5) is 39.7. The Morgan fingerprint density at radius 1 is 0.844 bits per heavy atom. The molecule has 7 nitrogen and oxygen atoms in total. The second-order valence-electron chi connectivity index (χ2n) is 7.03. The van der Waals surface area contributed by atoms with Crippen molar-refractivity contribution >= 4 is 17.5 Å². The highest BCUT2D eigenvalue weighted by Gasteiger charge is 2.37. The number of hydrogen-bond donors (Lipinski definition) is 1. The number of ketones is 2. The summed E-state index contributed by atoms with van der Waals surface area (Å²) in [7, 11) is 2.87. The normalized spacial score (nSPS) is 12.1. The molecule has 0 atom stereocenters. The van der Waals surface area contributed by atoms with Crippen LogP contribution in [0.1, 0.15) is 49.1 Å². The van der Waals surface area contributed by atoms with E-state index in [1.165, 1.54) is 14.2 Å². The van der Waals surface area contributed by atoms with Gasteiger partial charge in [-0.15, -0.1) is 0 Å². The van der Waals surface area contributed by atoms with E-state index in [2.05, 4.69) is 0 Å². The molecule has 0 aromatic heterocycles. The first kappa shape index (κ1) is 21.1. The molecule has 162 valence electrons. The Labute approximate surface area is 184 Å². The van der Waals surface area contributed by atoms with Crippen molar-refractivity contribution in [2.75, 3.05) is 20.8 Å². The zero-order chi connectivity index (χ0) is 23.0. The van der Waals surface area contributed by atoms with Crippen molar-refractivity contribution < 1.29 is 33.7 Å². The Morgan fingerprint density at radius 2 is 1.50 bits per heavy atom. The van der Waals surface area contributed by atoms with E-state index in [-0.39, 0.29) is 45.7 Å². The highest BCUT2D eigenvalue weighted by atomic mass is 16.5. The van der Waals surface area contributed by atoms with Gasteiger partial charge < -0.3 is 19.3 Å². The van der Waals surface area contributed by atoms with Crippen LogP contribution >= 0.6 is 0 Å². The third-order valence-corrected chi connectivity index (χ3v) is 5.35. The number of carbonyl (C=O) groups excluding carboxylic acids is 3. The number of hydrogen-bond acceptors (Lipinski definition) is 7. The topological polar surface area (TPSA) is 99.1 Å². The van der Waals surface area contributed by atoms with Crippen LogP contribution in [0.5, 0.6) is 17.2 Å². The summed E-state index contributed by atoms with van der Waals surface area (Å²) in [6, 6.07) is 12.5. The number of fused-ring (bicyclic) bond motifs is 2. The number of phenolic OH excluding ortho intramolecular Hbond substituents is 1. The van der Waals surface area contributed by atoms with Crippen molar-refractivity contribution in [3.05, 3.63) is 76.3 Å². The molecule has 0 fully saturated rings. The molecule has 0 bridgehead atoms. The van der Waals surface area contributed by atoms with Gasteiger partial charge in [0.15, 0.2) is 23.1 Å². The Bertz CT molecular complexity index is 1270. The Balaban J connectivity index is 2.16. The van der Waals surface area contributed by atoms with Crippen LogP contribution < -0.4 is 9.47 Å². The summed E-state index contributed by atoms with van der Waals surface area (Å²) in [5.41, 5.74) is 0.591. The molecule has 0 heterocycles. The third-order valence-electron chi connectivity index (χ3n) is 5.35. The maximum Gasteiger partial charge on any atom is 0.342 e. The molecule has 1 N–H and O–H groups in total. The molecule has 0 spiro atoms. The van der Waals surface area contributed by atoms with E-state index in [0.717, 1.165) is 6.07 Å². The average Bonchev–Trinajstić information content (AvgIpc) is 2.81. The van der Waals surface area contributed by atoms with Gasteiger partial charge in [-0.3, -0.25) is 9.59 Å². The molecule has 4 rings (SSSR count). The van der Waals surface area contributed by atoms with Crippen LogP contribution in [0.3, 0.4) is 0 Å². The van der Waals surface area contributed by atoms with Gasteiger partial charge in [0, 0.05) is 33.4 Å². The van der Waals surface area contributed by atoms with Crippen LogP contribution in [0.4, 0.5) is 0 Å². The van der Waals surface area contributed by atoms with E-state index in [1.807, 2.05) is 0 Å². The van der Waals surface area contributed by atoms with E-state index >= 15 is 0 Å². The number of benzene rings is 3. The van der Waals surface area contributed by atoms with Gasteiger partial charge in [-0.05, 0) is 19.1 Å². The van der Waals surface area contributed by atoms with Gasteiger partial charge in [0.05, 0.1) is 20.8 Å². The van der Waals surface area contributed by atoms with Crippen molar-refractivity contribution in [1.82, 2.24) is 0 Å². The third kappa shape index (κ3) is 3.10. The molecule has 0 radical (unpaired) electrons. The predicted molar refractivity (Wildman–Crippen MR) is 116 cm³/mol. The molecule has 0 amide bonds. The predicted octanol–water partition coefficient (Wildman–Crippen LogP) is 4.03. The van der Waals surface area contributed by atoms with E-state index in [4.69, 9.17) is 14.2 Å². The van der Waals surface area contributed by atoms with E-state index in [9.17, 15) is 19.5 Å². The molecule has 32 heavy (non-hydrogen) atoms. The van der Waals surface area contributed by atoms with E-state index in [1.54, 1.807) is 49.4 Å².